The summed E-state index contributed by atoms with van der Waals surface area (Å²) in [6, 6.07) is 8.18. The number of nitrogens with zero attached hydrogens (tertiary/aromatic N) is 6. The Labute approximate surface area is 129 Å². The first-order chi connectivity index (χ1) is 10.8. The lowest BCUT2D eigenvalue weighted by Crippen LogP contribution is -2.47. The van der Waals surface area contributed by atoms with Gasteiger partial charge in [-0.3, -0.25) is 0 Å². The van der Waals surface area contributed by atoms with Crippen molar-refractivity contribution in [3.8, 4) is 0 Å². The fourth-order valence-electron chi connectivity index (χ4n) is 3.02. The normalized spacial score (nSPS) is 15.5. The minimum atomic E-state index is 0.938. The molecule has 1 fully saturated rings. The van der Waals surface area contributed by atoms with Crippen LogP contribution in [0.15, 0.2) is 43.0 Å². The molecular weight excluding hydrogens is 276 g/mol. The highest BCUT2D eigenvalue weighted by Gasteiger charge is 2.21. The summed E-state index contributed by atoms with van der Waals surface area (Å²) in [5.74, 6) is 2.07. The van der Waals surface area contributed by atoms with Crippen LogP contribution >= 0.6 is 0 Å². The summed E-state index contributed by atoms with van der Waals surface area (Å²) in [6.45, 7) is 3.77. The zero-order valence-corrected chi connectivity index (χ0v) is 12.6. The summed E-state index contributed by atoms with van der Waals surface area (Å²) in [7, 11) is 2.03. The van der Waals surface area contributed by atoms with E-state index in [-0.39, 0.29) is 0 Å². The number of rotatable bonds is 2. The smallest absolute Gasteiger partial charge is 0.205 e. The van der Waals surface area contributed by atoms with Crippen LogP contribution in [0.2, 0.25) is 0 Å². The number of piperazine rings is 1. The molecule has 6 heteroatoms. The van der Waals surface area contributed by atoms with E-state index >= 15 is 0 Å². The molecule has 0 saturated carbocycles. The van der Waals surface area contributed by atoms with E-state index in [2.05, 4.69) is 35.4 Å². The van der Waals surface area contributed by atoms with Crippen LogP contribution in [0, 0.1) is 0 Å². The van der Waals surface area contributed by atoms with E-state index in [0.717, 1.165) is 48.8 Å². The molecule has 3 heterocycles. The maximum atomic E-state index is 4.51. The summed E-state index contributed by atoms with van der Waals surface area (Å²) in [5.41, 5.74) is 0.999. The quantitative estimate of drug-likeness (QED) is 0.720. The predicted molar refractivity (Wildman–Crippen MR) is 87.2 cm³/mol. The lowest BCUT2D eigenvalue weighted by atomic mass is 10.2. The summed E-state index contributed by atoms with van der Waals surface area (Å²) in [5, 5.41) is 1.12. The molecule has 112 valence electrons. The summed E-state index contributed by atoms with van der Waals surface area (Å²) in [4.78, 5) is 17.9. The molecule has 1 saturated heterocycles. The van der Waals surface area contributed by atoms with Crippen molar-refractivity contribution in [3.05, 3.63) is 43.0 Å². The van der Waals surface area contributed by atoms with Gasteiger partial charge in [0.15, 0.2) is 0 Å². The van der Waals surface area contributed by atoms with E-state index in [1.165, 1.54) is 0 Å². The molecule has 4 rings (SSSR count). The third-order valence-corrected chi connectivity index (χ3v) is 4.18. The van der Waals surface area contributed by atoms with Gasteiger partial charge in [-0.15, -0.1) is 0 Å². The van der Waals surface area contributed by atoms with E-state index in [0.29, 0.717) is 0 Å². The molecule has 22 heavy (non-hydrogen) atoms. The van der Waals surface area contributed by atoms with Crippen LogP contribution in [-0.2, 0) is 7.05 Å². The minimum absolute atomic E-state index is 0.938. The Morgan fingerprint density at radius 1 is 0.909 bits per heavy atom. The van der Waals surface area contributed by atoms with Crippen molar-refractivity contribution in [3.63, 3.8) is 0 Å². The monoisotopic (exact) mass is 294 g/mol. The second-order valence-electron chi connectivity index (χ2n) is 5.53. The zero-order valence-electron chi connectivity index (χ0n) is 12.6. The van der Waals surface area contributed by atoms with Gasteiger partial charge in [0.05, 0.1) is 5.52 Å². The number of imidazole rings is 1. The Morgan fingerprint density at radius 2 is 1.68 bits per heavy atom. The molecule has 0 amide bonds. The molecule has 1 aliphatic heterocycles. The van der Waals surface area contributed by atoms with Crippen LogP contribution in [0.4, 0.5) is 11.8 Å². The lowest BCUT2D eigenvalue weighted by molar-refractivity contribution is 0.626. The van der Waals surface area contributed by atoms with Crippen molar-refractivity contribution in [1.29, 1.82) is 0 Å². The Kier molecular flexibility index (Phi) is 3.14. The third kappa shape index (κ3) is 2.16. The molecule has 3 aromatic rings. The van der Waals surface area contributed by atoms with E-state index in [9.17, 15) is 0 Å². The van der Waals surface area contributed by atoms with Gasteiger partial charge < -0.3 is 14.4 Å². The second-order valence-corrected chi connectivity index (χ2v) is 5.53. The third-order valence-electron chi connectivity index (χ3n) is 4.18. The van der Waals surface area contributed by atoms with Crippen molar-refractivity contribution in [2.45, 2.75) is 0 Å². The van der Waals surface area contributed by atoms with Crippen molar-refractivity contribution in [2.24, 2.45) is 7.05 Å². The van der Waals surface area contributed by atoms with E-state index < -0.39 is 0 Å². The standard InChI is InChI=1S/C16H18N6/c1-20-7-6-17-16(20)22-10-8-21(9-11-22)15-13-4-2-3-5-14(13)18-12-19-15/h2-7,12H,8-11H2,1H3. The largest absolute Gasteiger partial charge is 0.352 e. The van der Waals surface area contributed by atoms with Crippen molar-refractivity contribution < 1.29 is 0 Å². The fourth-order valence-corrected chi connectivity index (χ4v) is 3.02. The van der Waals surface area contributed by atoms with Gasteiger partial charge in [0, 0.05) is 51.0 Å². The molecule has 0 aliphatic carbocycles. The van der Waals surface area contributed by atoms with Crippen molar-refractivity contribution in [2.75, 3.05) is 36.0 Å². The molecule has 1 aliphatic rings. The summed E-state index contributed by atoms with van der Waals surface area (Å²) in [6.07, 6.45) is 5.49. The van der Waals surface area contributed by atoms with Gasteiger partial charge in [0.2, 0.25) is 5.95 Å². The van der Waals surface area contributed by atoms with Crippen molar-refractivity contribution in [1.82, 2.24) is 19.5 Å². The summed E-state index contributed by atoms with van der Waals surface area (Å²) < 4.78 is 2.07. The molecule has 0 N–H and O–H groups in total. The molecule has 0 spiro atoms. The predicted octanol–water partition coefficient (Wildman–Crippen LogP) is 1.69. The SMILES string of the molecule is Cn1ccnc1N1CCN(c2ncnc3ccccc23)CC1. The highest BCUT2D eigenvalue weighted by atomic mass is 15.4. The minimum Gasteiger partial charge on any atom is -0.352 e. The number of para-hydroxylation sites is 1. The van der Waals surface area contributed by atoms with Gasteiger partial charge in [-0.1, -0.05) is 12.1 Å². The molecular formula is C16H18N6. The molecule has 1 aromatic carbocycles. The fraction of sp³-hybridized carbons (Fsp3) is 0.312. The Morgan fingerprint density at radius 3 is 2.45 bits per heavy atom. The first kappa shape index (κ1) is 13.1. The van der Waals surface area contributed by atoms with Crippen LogP contribution in [-0.4, -0.2) is 45.7 Å². The molecule has 0 atom stereocenters. The van der Waals surface area contributed by atoms with Crippen LogP contribution < -0.4 is 9.80 Å². The lowest BCUT2D eigenvalue weighted by Gasteiger charge is -2.36. The van der Waals surface area contributed by atoms with Crippen LogP contribution in [0.5, 0.6) is 0 Å². The van der Waals surface area contributed by atoms with Crippen LogP contribution in [0.3, 0.4) is 0 Å². The topological polar surface area (TPSA) is 50.1 Å². The van der Waals surface area contributed by atoms with Gasteiger partial charge in [-0.2, -0.15) is 0 Å². The average molecular weight is 294 g/mol. The number of hydrogen-bond donors (Lipinski definition) is 0. The van der Waals surface area contributed by atoms with Gasteiger partial charge in [-0.05, 0) is 12.1 Å². The first-order valence-electron chi connectivity index (χ1n) is 7.50. The molecule has 0 radical (unpaired) electrons. The molecule has 0 bridgehead atoms. The van der Waals surface area contributed by atoms with Crippen molar-refractivity contribution >= 4 is 22.7 Å². The van der Waals surface area contributed by atoms with Gasteiger partial charge in [-0.25, -0.2) is 15.0 Å². The maximum Gasteiger partial charge on any atom is 0.205 e. The van der Waals surface area contributed by atoms with E-state index in [1.54, 1.807) is 6.33 Å². The number of aromatic nitrogens is 4. The Hall–Kier alpha value is -2.63. The van der Waals surface area contributed by atoms with Gasteiger partial charge in [0.25, 0.3) is 0 Å². The molecule has 0 unspecified atom stereocenters. The number of aryl methyl sites for hydroxylation is 1. The molecule has 2 aromatic heterocycles. The Balaban J connectivity index is 1.57. The van der Waals surface area contributed by atoms with Gasteiger partial charge in [0.1, 0.15) is 12.1 Å². The number of benzene rings is 1. The second kappa shape index (κ2) is 5.29. The number of hydrogen-bond acceptors (Lipinski definition) is 5. The highest BCUT2D eigenvalue weighted by Crippen LogP contribution is 2.24. The summed E-state index contributed by atoms with van der Waals surface area (Å²) >= 11 is 0. The highest BCUT2D eigenvalue weighted by molar-refractivity contribution is 5.89. The zero-order chi connectivity index (χ0) is 14.9. The van der Waals surface area contributed by atoms with Gasteiger partial charge >= 0.3 is 0 Å². The van der Waals surface area contributed by atoms with Crippen LogP contribution in [0.1, 0.15) is 0 Å². The molecule has 6 nitrogen and oxygen atoms in total. The van der Waals surface area contributed by atoms with Crippen LogP contribution in [0.25, 0.3) is 10.9 Å². The van der Waals surface area contributed by atoms with E-state index in [1.807, 2.05) is 37.6 Å². The first-order valence-corrected chi connectivity index (χ1v) is 7.50. The number of fused-ring (bicyclic) bond motifs is 1. The maximum absolute atomic E-state index is 4.51. The number of anilines is 2. The average Bonchev–Trinajstić information content (AvgIpc) is 3.01. The Bertz CT molecular complexity index is 783. The van der Waals surface area contributed by atoms with E-state index in [4.69, 9.17) is 0 Å².